The third-order valence-corrected chi connectivity index (χ3v) is 7.35. The Balaban J connectivity index is 1.44. The third kappa shape index (κ3) is 6.62. The van der Waals surface area contributed by atoms with Gasteiger partial charge in [-0.25, -0.2) is 9.78 Å². The molecule has 0 aliphatic heterocycles. The van der Waals surface area contributed by atoms with Gasteiger partial charge in [0, 0.05) is 23.5 Å². The average Bonchev–Trinajstić information content (AvgIpc) is 3.37. The zero-order chi connectivity index (χ0) is 29.7. The van der Waals surface area contributed by atoms with E-state index in [0.717, 1.165) is 64.2 Å². The van der Waals surface area contributed by atoms with Crippen LogP contribution in [0, 0.1) is 0 Å². The molecule has 2 heterocycles. The van der Waals surface area contributed by atoms with Crippen molar-refractivity contribution >= 4 is 18.4 Å². The summed E-state index contributed by atoms with van der Waals surface area (Å²) in [5, 5.41) is 3.15. The molecule has 2 aromatic heterocycles. The molecular formula is C35H38N4O3. The fourth-order valence-electron chi connectivity index (χ4n) is 5.14. The summed E-state index contributed by atoms with van der Waals surface area (Å²) in [4.78, 5) is 21.7. The normalized spacial score (nSPS) is 14.8. The third-order valence-electron chi connectivity index (χ3n) is 7.35. The second-order valence-corrected chi connectivity index (χ2v) is 11.7. The molecular weight excluding hydrogens is 524 g/mol. The molecule has 7 nitrogen and oxygen atoms in total. The van der Waals surface area contributed by atoms with Gasteiger partial charge >= 0.3 is 6.09 Å². The molecule has 1 aliphatic rings. The molecule has 0 atom stereocenters. The maximum Gasteiger partial charge on any atom is 0.408 e. The minimum Gasteiger partial charge on any atom is -0.495 e. The van der Waals surface area contributed by atoms with Crippen LogP contribution in [-0.2, 0) is 10.3 Å². The summed E-state index contributed by atoms with van der Waals surface area (Å²) < 4.78 is 12.9. The summed E-state index contributed by atoms with van der Waals surface area (Å²) in [7, 11) is 1.64. The zero-order valence-electron chi connectivity index (χ0n) is 24.9. The van der Waals surface area contributed by atoms with Crippen molar-refractivity contribution in [3.8, 4) is 28.3 Å². The van der Waals surface area contributed by atoms with Gasteiger partial charge in [0.15, 0.2) is 0 Å². The van der Waals surface area contributed by atoms with Crippen LogP contribution in [-0.4, -0.2) is 33.3 Å². The first-order valence-electron chi connectivity index (χ1n) is 14.3. The molecule has 7 heteroatoms. The van der Waals surface area contributed by atoms with E-state index in [2.05, 4.69) is 70.5 Å². The van der Waals surface area contributed by atoms with Crippen molar-refractivity contribution in [1.29, 1.82) is 0 Å². The lowest BCUT2D eigenvalue weighted by Crippen LogP contribution is -2.52. The Morgan fingerprint density at radius 2 is 1.76 bits per heavy atom. The Hall–Kier alpha value is -4.65. The van der Waals surface area contributed by atoms with Crippen molar-refractivity contribution in [3.05, 3.63) is 102 Å². The van der Waals surface area contributed by atoms with Gasteiger partial charge in [-0.2, -0.15) is 0 Å². The Morgan fingerprint density at radius 3 is 2.40 bits per heavy atom. The van der Waals surface area contributed by atoms with Gasteiger partial charge in [-0.3, -0.25) is 4.98 Å². The lowest BCUT2D eigenvalue weighted by molar-refractivity contribution is 0.0377. The molecule has 42 heavy (non-hydrogen) atoms. The van der Waals surface area contributed by atoms with Crippen molar-refractivity contribution in [1.82, 2.24) is 19.9 Å². The maximum atomic E-state index is 12.6. The minimum absolute atomic E-state index is 0.379. The smallest absolute Gasteiger partial charge is 0.408 e. The average molecular weight is 563 g/mol. The second-order valence-electron chi connectivity index (χ2n) is 11.7. The van der Waals surface area contributed by atoms with Crippen LogP contribution in [0.4, 0.5) is 4.79 Å². The highest BCUT2D eigenvalue weighted by atomic mass is 16.6. The summed E-state index contributed by atoms with van der Waals surface area (Å²) >= 11 is 0. The quantitative estimate of drug-likeness (QED) is 0.220. The number of aromatic nitrogens is 3. The zero-order valence-corrected chi connectivity index (χ0v) is 24.9. The first-order valence-corrected chi connectivity index (χ1v) is 14.3. The second kappa shape index (κ2) is 12.1. The molecule has 0 unspecified atom stereocenters. The highest BCUT2D eigenvalue weighted by Crippen LogP contribution is 2.42. The molecule has 216 valence electrons. The Bertz CT molecular complexity index is 1590. The number of imidazole rings is 1. The molecule has 1 aliphatic carbocycles. The Labute approximate surface area is 247 Å². The summed E-state index contributed by atoms with van der Waals surface area (Å²) in [5.41, 5.74) is 6.12. The largest absolute Gasteiger partial charge is 0.495 e. The van der Waals surface area contributed by atoms with Gasteiger partial charge in [0.25, 0.3) is 0 Å². The van der Waals surface area contributed by atoms with Gasteiger partial charge in [-0.1, -0.05) is 66.7 Å². The van der Waals surface area contributed by atoms with Gasteiger partial charge in [-0.05, 0) is 69.7 Å². The number of alkyl carbamates (subject to hydrolysis) is 1. The van der Waals surface area contributed by atoms with E-state index < -0.39 is 11.1 Å². The lowest BCUT2D eigenvalue weighted by Gasteiger charge is -2.43. The molecule has 0 spiro atoms. The monoisotopic (exact) mass is 562 g/mol. The predicted octanol–water partition coefficient (Wildman–Crippen LogP) is 8.10. The number of carbonyl (C=O) groups excluding carboxylic acids is 1. The maximum absolute atomic E-state index is 12.6. The van der Waals surface area contributed by atoms with Crippen molar-refractivity contribution in [2.45, 2.75) is 58.1 Å². The van der Waals surface area contributed by atoms with Gasteiger partial charge in [0.1, 0.15) is 11.4 Å². The molecule has 1 fully saturated rings. The number of rotatable bonds is 8. The molecule has 5 rings (SSSR count). The number of hydrogen-bond donors (Lipinski definition) is 1. The summed E-state index contributed by atoms with van der Waals surface area (Å²) in [6.07, 6.45) is 13.9. The number of hydrogen-bond acceptors (Lipinski definition) is 5. The predicted molar refractivity (Wildman–Crippen MR) is 168 cm³/mol. The summed E-state index contributed by atoms with van der Waals surface area (Å²) in [6.45, 7) is 7.69. The standard InChI is InChI=1S/C35H38N4O3/c1-25(12-13-26-20-30(41-5)22-36-21-26)23-39-24-37-31(32(39)28-10-7-6-8-11-28)27-14-16-29(17-15-27)35(18-9-19-35)38-33(40)42-34(2,3)4/h6-8,10-17,20-24H,9,18-19H2,1-5H3,(H,38,40). The van der Waals surface area contributed by atoms with Gasteiger partial charge < -0.3 is 19.4 Å². The topological polar surface area (TPSA) is 78.3 Å². The molecule has 0 saturated heterocycles. The molecule has 1 N–H and O–H groups in total. The fraction of sp³-hybridized carbons (Fsp3) is 0.286. The van der Waals surface area contributed by atoms with E-state index in [1.165, 1.54) is 0 Å². The van der Waals surface area contributed by atoms with E-state index >= 15 is 0 Å². The Morgan fingerprint density at radius 1 is 1.02 bits per heavy atom. The number of ether oxygens (including phenoxy) is 2. The van der Waals surface area contributed by atoms with Crippen LogP contribution in [0.15, 0.2) is 91.0 Å². The van der Waals surface area contributed by atoms with Crippen LogP contribution >= 0.6 is 0 Å². The summed E-state index contributed by atoms with van der Waals surface area (Å²) in [6, 6.07) is 20.6. The summed E-state index contributed by atoms with van der Waals surface area (Å²) in [5.74, 6) is 0.722. The number of carbonyl (C=O) groups is 1. The molecule has 2 aromatic carbocycles. The van der Waals surface area contributed by atoms with Gasteiger partial charge in [0.05, 0.1) is 36.6 Å². The highest BCUT2D eigenvalue weighted by molar-refractivity contribution is 5.80. The van der Waals surface area contributed by atoms with E-state index in [0.29, 0.717) is 0 Å². The van der Waals surface area contributed by atoms with Crippen LogP contribution < -0.4 is 10.1 Å². The van der Waals surface area contributed by atoms with Crippen molar-refractivity contribution in [2.24, 2.45) is 0 Å². The van der Waals surface area contributed by atoms with Crippen LogP contribution in [0.2, 0.25) is 0 Å². The number of nitrogens with zero attached hydrogens (tertiary/aromatic N) is 3. The first-order chi connectivity index (χ1) is 20.2. The lowest BCUT2D eigenvalue weighted by atomic mass is 9.71. The van der Waals surface area contributed by atoms with E-state index in [4.69, 9.17) is 14.5 Å². The molecule has 1 amide bonds. The molecule has 0 bridgehead atoms. The van der Waals surface area contributed by atoms with Crippen LogP contribution in [0.25, 0.3) is 34.8 Å². The number of nitrogens with one attached hydrogen (secondary N) is 1. The van der Waals surface area contributed by atoms with Crippen molar-refractivity contribution in [2.75, 3.05) is 7.11 Å². The van der Waals surface area contributed by atoms with Gasteiger partial charge in [-0.15, -0.1) is 0 Å². The molecule has 1 saturated carbocycles. The van der Waals surface area contributed by atoms with Crippen LogP contribution in [0.5, 0.6) is 5.75 Å². The molecule has 0 radical (unpaired) electrons. The van der Waals surface area contributed by atoms with E-state index in [1.54, 1.807) is 19.5 Å². The minimum atomic E-state index is -0.541. The number of allylic oxidation sites excluding steroid dienone is 2. The number of benzene rings is 2. The fourth-order valence-corrected chi connectivity index (χ4v) is 5.14. The van der Waals surface area contributed by atoms with Crippen LogP contribution in [0.3, 0.4) is 0 Å². The SMILES string of the molecule is COc1cncc(C=CC(C)=Cn2cnc(-c3ccc(C4(NC(=O)OC(C)(C)C)CCC4)cc3)c2-c2ccccc2)c1. The van der Waals surface area contributed by atoms with Crippen molar-refractivity contribution < 1.29 is 14.3 Å². The van der Waals surface area contributed by atoms with Crippen LogP contribution in [0.1, 0.15) is 58.1 Å². The molecule has 4 aromatic rings. The number of pyridine rings is 1. The number of methoxy groups -OCH3 is 1. The van der Waals surface area contributed by atoms with E-state index in [-0.39, 0.29) is 6.09 Å². The van der Waals surface area contributed by atoms with E-state index in [1.807, 2.05) is 57.4 Å². The Kier molecular flexibility index (Phi) is 8.29. The van der Waals surface area contributed by atoms with E-state index in [9.17, 15) is 4.79 Å². The highest BCUT2D eigenvalue weighted by Gasteiger charge is 2.41. The number of amides is 1. The van der Waals surface area contributed by atoms with Crippen molar-refractivity contribution in [3.63, 3.8) is 0 Å². The first kappa shape index (κ1) is 28.9. The van der Waals surface area contributed by atoms with Gasteiger partial charge in [0.2, 0.25) is 0 Å².